The molecule has 4 heteroatoms. The van der Waals surface area contributed by atoms with Crippen LogP contribution in [0.5, 0.6) is 0 Å². The van der Waals surface area contributed by atoms with E-state index in [1.165, 1.54) is 12.1 Å². The Bertz CT molecular complexity index is 426. The lowest BCUT2D eigenvalue weighted by molar-refractivity contribution is -0.121. The highest BCUT2D eigenvalue weighted by Gasteiger charge is 2.38. The van der Waals surface area contributed by atoms with Gasteiger partial charge in [0.2, 0.25) is 5.91 Å². The van der Waals surface area contributed by atoms with Crippen LogP contribution in [0.4, 0.5) is 4.39 Å². The first-order valence-corrected chi connectivity index (χ1v) is 6.89. The van der Waals surface area contributed by atoms with E-state index in [2.05, 4.69) is 5.32 Å². The first-order chi connectivity index (χ1) is 9.16. The fraction of sp³-hybridized carbons (Fsp3) is 0.533. The average molecular weight is 264 g/mol. The topological polar surface area (TPSA) is 55.1 Å². The van der Waals surface area contributed by atoms with Crippen LogP contribution in [0.25, 0.3) is 0 Å². The molecule has 104 valence electrons. The fourth-order valence-electron chi connectivity index (χ4n) is 2.59. The Labute approximate surface area is 113 Å². The molecule has 0 radical (unpaired) electrons. The third-order valence-electron chi connectivity index (χ3n) is 4.00. The molecule has 0 atom stereocenters. The second-order valence-electron chi connectivity index (χ2n) is 5.31. The van der Waals surface area contributed by atoms with E-state index in [0.29, 0.717) is 19.5 Å². The normalized spacial score (nSPS) is 16.7. The maximum absolute atomic E-state index is 13.0. The maximum atomic E-state index is 13.0. The number of halogens is 1. The van der Waals surface area contributed by atoms with Crippen molar-refractivity contribution in [2.24, 2.45) is 5.73 Å². The van der Waals surface area contributed by atoms with Gasteiger partial charge in [0, 0.05) is 18.4 Å². The Hall–Kier alpha value is -1.42. The molecule has 0 aliphatic heterocycles. The highest BCUT2D eigenvalue weighted by atomic mass is 19.1. The van der Waals surface area contributed by atoms with Gasteiger partial charge in [-0.1, -0.05) is 18.6 Å². The molecule has 0 unspecified atom stereocenters. The molecule has 1 aliphatic carbocycles. The summed E-state index contributed by atoms with van der Waals surface area (Å²) in [6.07, 6.45) is 4.47. The van der Waals surface area contributed by atoms with E-state index in [4.69, 9.17) is 5.73 Å². The lowest BCUT2D eigenvalue weighted by Gasteiger charge is -2.42. The summed E-state index contributed by atoms with van der Waals surface area (Å²) in [6, 6.07) is 6.65. The van der Waals surface area contributed by atoms with Crippen LogP contribution in [-0.2, 0) is 10.2 Å². The smallest absolute Gasteiger partial charge is 0.220 e. The van der Waals surface area contributed by atoms with E-state index < -0.39 is 0 Å². The van der Waals surface area contributed by atoms with Crippen LogP contribution in [-0.4, -0.2) is 19.0 Å². The van der Waals surface area contributed by atoms with Crippen molar-refractivity contribution >= 4 is 5.91 Å². The maximum Gasteiger partial charge on any atom is 0.220 e. The van der Waals surface area contributed by atoms with E-state index in [-0.39, 0.29) is 17.1 Å². The molecule has 19 heavy (non-hydrogen) atoms. The Balaban J connectivity index is 1.95. The van der Waals surface area contributed by atoms with Gasteiger partial charge in [-0.15, -0.1) is 0 Å². The number of nitrogens with two attached hydrogens (primary N) is 1. The van der Waals surface area contributed by atoms with Crippen LogP contribution in [0.15, 0.2) is 24.3 Å². The number of hydrogen-bond donors (Lipinski definition) is 2. The van der Waals surface area contributed by atoms with E-state index in [9.17, 15) is 9.18 Å². The largest absolute Gasteiger partial charge is 0.355 e. The van der Waals surface area contributed by atoms with Gasteiger partial charge in [0.05, 0.1) is 0 Å². The van der Waals surface area contributed by atoms with Crippen LogP contribution in [0, 0.1) is 5.82 Å². The molecular weight excluding hydrogens is 243 g/mol. The molecule has 0 bridgehead atoms. The first-order valence-electron chi connectivity index (χ1n) is 6.89. The number of hydrogen-bond acceptors (Lipinski definition) is 2. The molecule has 0 spiro atoms. The third-order valence-corrected chi connectivity index (χ3v) is 4.00. The van der Waals surface area contributed by atoms with Crippen molar-refractivity contribution < 1.29 is 9.18 Å². The molecule has 1 aromatic rings. The summed E-state index contributed by atoms with van der Waals surface area (Å²) in [4.78, 5) is 11.6. The standard InChI is InChI=1S/C15H21FN2O/c16-13-6-4-12(5-7-13)15(8-2-9-15)11-18-14(19)3-1-10-17/h4-7H,1-3,8-11,17H2,(H,18,19). The average Bonchev–Trinajstić information content (AvgIpc) is 2.37. The van der Waals surface area contributed by atoms with Gasteiger partial charge in [-0.2, -0.15) is 0 Å². The van der Waals surface area contributed by atoms with Crippen molar-refractivity contribution in [1.82, 2.24) is 5.32 Å². The summed E-state index contributed by atoms with van der Waals surface area (Å²) in [6.45, 7) is 1.18. The summed E-state index contributed by atoms with van der Waals surface area (Å²) in [5.41, 5.74) is 6.52. The van der Waals surface area contributed by atoms with Crippen LogP contribution < -0.4 is 11.1 Å². The number of amides is 1. The Kier molecular flexibility index (Phi) is 4.53. The number of carbonyl (C=O) groups excluding carboxylic acids is 1. The number of nitrogens with one attached hydrogen (secondary N) is 1. The van der Waals surface area contributed by atoms with Gasteiger partial charge in [0.1, 0.15) is 5.82 Å². The zero-order valence-electron chi connectivity index (χ0n) is 11.1. The quantitative estimate of drug-likeness (QED) is 0.826. The van der Waals surface area contributed by atoms with Crippen molar-refractivity contribution in [2.45, 2.75) is 37.5 Å². The molecule has 1 aliphatic rings. The molecule has 2 rings (SSSR count). The van der Waals surface area contributed by atoms with Crippen LogP contribution in [0.2, 0.25) is 0 Å². The molecule has 3 nitrogen and oxygen atoms in total. The molecule has 1 aromatic carbocycles. The van der Waals surface area contributed by atoms with E-state index in [1.807, 2.05) is 12.1 Å². The van der Waals surface area contributed by atoms with Gasteiger partial charge in [0.25, 0.3) is 0 Å². The Morgan fingerprint density at radius 1 is 1.32 bits per heavy atom. The minimum Gasteiger partial charge on any atom is -0.355 e. The van der Waals surface area contributed by atoms with E-state index in [1.54, 1.807) is 0 Å². The highest BCUT2D eigenvalue weighted by Crippen LogP contribution is 2.43. The summed E-state index contributed by atoms with van der Waals surface area (Å²) >= 11 is 0. The predicted octanol–water partition coefficient (Wildman–Crippen LogP) is 2.10. The number of carbonyl (C=O) groups is 1. The van der Waals surface area contributed by atoms with Crippen molar-refractivity contribution in [1.29, 1.82) is 0 Å². The van der Waals surface area contributed by atoms with Gasteiger partial charge in [-0.25, -0.2) is 4.39 Å². The molecule has 0 saturated heterocycles. The van der Waals surface area contributed by atoms with Crippen LogP contribution in [0.3, 0.4) is 0 Å². The van der Waals surface area contributed by atoms with Crippen molar-refractivity contribution in [3.8, 4) is 0 Å². The van der Waals surface area contributed by atoms with E-state index >= 15 is 0 Å². The summed E-state index contributed by atoms with van der Waals surface area (Å²) in [5, 5.41) is 2.99. The number of rotatable bonds is 6. The molecule has 1 saturated carbocycles. The van der Waals surface area contributed by atoms with Gasteiger partial charge in [-0.05, 0) is 43.5 Å². The molecule has 0 aromatic heterocycles. The number of benzene rings is 1. The van der Waals surface area contributed by atoms with Crippen LogP contribution in [0.1, 0.15) is 37.7 Å². The summed E-state index contributed by atoms with van der Waals surface area (Å²) < 4.78 is 13.0. The molecule has 1 fully saturated rings. The molecule has 1 amide bonds. The highest BCUT2D eigenvalue weighted by molar-refractivity contribution is 5.76. The first kappa shape index (κ1) is 14.0. The summed E-state index contributed by atoms with van der Waals surface area (Å²) in [7, 11) is 0. The minimum atomic E-state index is -0.217. The van der Waals surface area contributed by atoms with E-state index in [0.717, 1.165) is 31.2 Å². The van der Waals surface area contributed by atoms with Crippen LogP contribution >= 0.6 is 0 Å². The lowest BCUT2D eigenvalue weighted by Crippen LogP contribution is -2.45. The van der Waals surface area contributed by atoms with Gasteiger partial charge in [0.15, 0.2) is 0 Å². The monoisotopic (exact) mass is 264 g/mol. The Morgan fingerprint density at radius 2 is 2.00 bits per heavy atom. The molecule has 3 N–H and O–H groups in total. The molecule has 0 heterocycles. The fourth-order valence-corrected chi connectivity index (χ4v) is 2.59. The van der Waals surface area contributed by atoms with Gasteiger partial charge < -0.3 is 11.1 Å². The van der Waals surface area contributed by atoms with Crippen molar-refractivity contribution in [2.75, 3.05) is 13.1 Å². The SMILES string of the molecule is NCCCC(=O)NCC1(c2ccc(F)cc2)CCC1. The second-order valence-corrected chi connectivity index (χ2v) is 5.31. The van der Waals surface area contributed by atoms with Crippen molar-refractivity contribution in [3.05, 3.63) is 35.6 Å². The molecular formula is C15H21FN2O. The minimum absolute atomic E-state index is 0.00603. The second kappa shape index (κ2) is 6.15. The lowest BCUT2D eigenvalue weighted by atomic mass is 9.64. The summed E-state index contributed by atoms with van der Waals surface area (Å²) in [5.74, 6) is -0.163. The van der Waals surface area contributed by atoms with Gasteiger partial charge in [-0.3, -0.25) is 4.79 Å². The zero-order chi connectivity index (χ0) is 13.7. The zero-order valence-corrected chi connectivity index (χ0v) is 11.1. The predicted molar refractivity (Wildman–Crippen MR) is 73.2 cm³/mol. The van der Waals surface area contributed by atoms with Crippen molar-refractivity contribution in [3.63, 3.8) is 0 Å². The Morgan fingerprint density at radius 3 is 2.53 bits per heavy atom. The third kappa shape index (κ3) is 3.32. The van der Waals surface area contributed by atoms with Gasteiger partial charge >= 0.3 is 0 Å².